The van der Waals surface area contributed by atoms with E-state index in [0.717, 1.165) is 12.5 Å². The molecule has 5 atom stereocenters. The van der Waals surface area contributed by atoms with Gasteiger partial charge in [-0.25, -0.2) is 13.6 Å². The third kappa shape index (κ3) is 5.19. The molecule has 228 valence electrons. The zero-order valence-electron chi connectivity index (χ0n) is 23.8. The van der Waals surface area contributed by atoms with Gasteiger partial charge in [0.05, 0.1) is 13.2 Å². The van der Waals surface area contributed by atoms with Crippen LogP contribution in [-0.2, 0) is 27.4 Å². The van der Waals surface area contributed by atoms with Crippen molar-refractivity contribution < 1.29 is 37.4 Å². The van der Waals surface area contributed by atoms with Crippen LogP contribution in [0, 0.1) is 23.5 Å². The van der Waals surface area contributed by atoms with Gasteiger partial charge >= 0.3 is 5.97 Å². The predicted molar refractivity (Wildman–Crippen MR) is 146 cm³/mol. The summed E-state index contributed by atoms with van der Waals surface area (Å²) >= 11 is 0. The molecule has 3 fully saturated rings. The largest absolute Gasteiger partial charge is 0.418 e. The van der Waals surface area contributed by atoms with Gasteiger partial charge in [-0.3, -0.25) is 19.2 Å². The summed E-state index contributed by atoms with van der Waals surface area (Å²) in [6.45, 7) is 4.27. The minimum absolute atomic E-state index is 0.00747. The minimum atomic E-state index is -0.995. The molecular weight excluding hydrogens is 566 g/mol. The number of halogens is 2. The lowest BCUT2D eigenvalue weighted by atomic mass is 10.1. The number of pyridine rings is 1. The molecule has 0 bridgehead atoms. The number of esters is 1. The average molecular weight is 599 g/mol. The maximum absolute atomic E-state index is 14.2. The lowest BCUT2D eigenvalue weighted by molar-refractivity contribution is -0.147. The molecule has 43 heavy (non-hydrogen) atoms. The molecule has 0 unspecified atom stereocenters. The molecule has 2 saturated heterocycles. The van der Waals surface area contributed by atoms with Crippen LogP contribution in [0.25, 0.3) is 0 Å². The predicted octanol–water partition coefficient (Wildman–Crippen LogP) is 2.20. The van der Waals surface area contributed by atoms with Gasteiger partial charge in [0.25, 0.3) is 11.8 Å². The topological polar surface area (TPSA) is 127 Å². The van der Waals surface area contributed by atoms with E-state index in [1.54, 1.807) is 0 Å². The summed E-state index contributed by atoms with van der Waals surface area (Å²) < 4.78 is 40.4. The summed E-state index contributed by atoms with van der Waals surface area (Å²) in [5.41, 5.74) is -1.63. The summed E-state index contributed by atoms with van der Waals surface area (Å²) in [6.07, 6.45) is 2.72. The number of amides is 3. The number of nitrogens with one attached hydrogen (secondary N) is 1. The highest BCUT2D eigenvalue weighted by Gasteiger charge is 2.57. The first-order chi connectivity index (χ1) is 20.6. The Balaban J connectivity index is 1.36. The van der Waals surface area contributed by atoms with E-state index in [-0.39, 0.29) is 54.6 Å². The smallest absolute Gasteiger partial charge is 0.334 e. The number of carbonyl (C=O) groups excluding carboxylic acids is 4. The Hall–Kier alpha value is -4.13. The number of piperidine rings is 1. The van der Waals surface area contributed by atoms with Crippen molar-refractivity contribution in [3.8, 4) is 5.75 Å². The molecule has 0 radical (unpaired) electrons. The normalized spacial score (nSPS) is 25.5. The molecule has 4 heterocycles. The number of aromatic nitrogens is 1. The lowest BCUT2D eigenvalue weighted by Gasteiger charge is -2.44. The van der Waals surface area contributed by atoms with Gasteiger partial charge in [-0.15, -0.1) is 0 Å². The van der Waals surface area contributed by atoms with Crippen LogP contribution in [0.1, 0.15) is 65.9 Å². The SMILES string of the molecule is CCCC(=O)N1C[C@@H]2C[C@@H]2[C@H]1C(=O)Oc1c2n(cc(C(=O)NCc3ccc(F)cc3F)c1=O)C[C@@H]1OCC[C@@H](C)N1C2=O. The molecule has 1 saturated carbocycles. The standard InChI is InChI=1S/C30H32F2N4O7/c1-3-4-22(37)35-12-17-9-19(17)24(35)30(41)43-27-25-29(40)36-15(2)7-8-42-23(36)14-34(25)13-20(26(27)38)28(39)33-11-16-5-6-18(31)10-21(16)32/h5-6,10,13,15,17,19,23-24H,3-4,7-9,11-12,14H2,1-2H3,(H,33,39)/t15-,17+,19+,23+,24+/m1/s1. The molecule has 1 aliphatic carbocycles. The van der Waals surface area contributed by atoms with Crippen LogP contribution in [0.15, 0.2) is 29.2 Å². The summed E-state index contributed by atoms with van der Waals surface area (Å²) in [5, 5.41) is 2.45. The highest BCUT2D eigenvalue weighted by molar-refractivity contribution is 6.00. The fourth-order valence-electron chi connectivity index (χ4n) is 6.38. The quantitative estimate of drug-likeness (QED) is 0.484. The Morgan fingerprint density at radius 1 is 1.16 bits per heavy atom. The number of nitrogens with zero attached hydrogens (tertiary/aromatic N) is 3. The highest BCUT2D eigenvalue weighted by Crippen LogP contribution is 2.50. The second-order valence-electron chi connectivity index (χ2n) is 11.6. The van der Waals surface area contributed by atoms with E-state index in [2.05, 4.69) is 5.32 Å². The summed E-state index contributed by atoms with van der Waals surface area (Å²) in [7, 11) is 0. The van der Waals surface area contributed by atoms with Gasteiger partial charge in [-0.2, -0.15) is 0 Å². The molecule has 13 heteroatoms. The number of hydrogen-bond donors (Lipinski definition) is 1. The Bertz CT molecular complexity index is 1580. The van der Waals surface area contributed by atoms with Crippen molar-refractivity contribution in [3.05, 3.63) is 63.1 Å². The number of ether oxygens (including phenoxy) is 2. The van der Waals surface area contributed by atoms with Crippen molar-refractivity contribution in [2.24, 2.45) is 11.8 Å². The first-order valence-electron chi connectivity index (χ1n) is 14.5. The van der Waals surface area contributed by atoms with Gasteiger partial charge < -0.3 is 29.2 Å². The fraction of sp³-hybridized carbons (Fsp3) is 0.500. The van der Waals surface area contributed by atoms with Gasteiger partial charge in [0.2, 0.25) is 17.1 Å². The van der Waals surface area contributed by atoms with Crippen molar-refractivity contribution >= 4 is 23.7 Å². The zero-order valence-corrected chi connectivity index (χ0v) is 23.8. The molecule has 0 spiro atoms. The van der Waals surface area contributed by atoms with Crippen LogP contribution in [0.5, 0.6) is 5.75 Å². The minimum Gasteiger partial charge on any atom is -0.418 e. The Kier molecular flexibility index (Phi) is 7.53. The van der Waals surface area contributed by atoms with Crippen molar-refractivity contribution in [2.45, 2.75) is 70.9 Å². The van der Waals surface area contributed by atoms with Crippen molar-refractivity contribution in [1.29, 1.82) is 0 Å². The van der Waals surface area contributed by atoms with Gasteiger partial charge in [-0.1, -0.05) is 13.0 Å². The molecule has 1 aromatic carbocycles. The Morgan fingerprint density at radius 3 is 2.70 bits per heavy atom. The maximum atomic E-state index is 14.2. The first-order valence-corrected chi connectivity index (χ1v) is 14.5. The van der Waals surface area contributed by atoms with E-state index in [9.17, 15) is 32.8 Å². The molecule has 3 amide bonds. The van der Waals surface area contributed by atoms with E-state index < -0.39 is 58.4 Å². The summed E-state index contributed by atoms with van der Waals surface area (Å²) in [5.74, 6) is -4.68. The van der Waals surface area contributed by atoms with Gasteiger partial charge in [-0.05, 0) is 44.1 Å². The Labute approximate surface area is 245 Å². The monoisotopic (exact) mass is 598 g/mol. The van der Waals surface area contributed by atoms with E-state index in [1.165, 1.54) is 26.6 Å². The lowest BCUT2D eigenvalue weighted by Crippen LogP contribution is -2.57. The molecule has 4 aliphatic rings. The molecule has 6 rings (SSSR count). The van der Waals surface area contributed by atoms with Gasteiger partial charge in [0.1, 0.15) is 23.2 Å². The third-order valence-electron chi connectivity index (χ3n) is 8.74. The number of rotatable bonds is 7. The number of hydrogen-bond acceptors (Lipinski definition) is 7. The van der Waals surface area contributed by atoms with Crippen molar-refractivity contribution in [2.75, 3.05) is 13.2 Å². The molecule has 11 nitrogen and oxygen atoms in total. The molecular formula is C30H32F2N4O7. The van der Waals surface area contributed by atoms with Crippen LogP contribution in [0.3, 0.4) is 0 Å². The number of carbonyl (C=O) groups is 4. The third-order valence-corrected chi connectivity index (χ3v) is 8.74. The van der Waals surface area contributed by atoms with Gasteiger partial charge in [0.15, 0.2) is 11.9 Å². The van der Waals surface area contributed by atoms with E-state index >= 15 is 0 Å². The highest BCUT2D eigenvalue weighted by atomic mass is 19.1. The molecule has 1 N–H and O–H groups in total. The van der Waals surface area contributed by atoms with E-state index in [0.29, 0.717) is 32.1 Å². The first kappa shape index (κ1) is 29.0. The van der Waals surface area contributed by atoms with E-state index in [4.69, 9.17) is 9.47 Å². The summed E-state index contributed by atoms with van der Waals surface area (Å²) in [6, 6.07) is 1.78. The average Bonchev–Trinajstić information content (AvgIpc) is 3.62. The van der Waals surface area contributed by atoms with Crippen LogP contribution in [0.4, 0.5) is 8.78 Å². The number of benzene rings is 1. The second-order valence-corrected chi connectivity index (χ2v) is 11.6. The fourth-order valence-corrected chi connectivity index (χ4v) is 6.38. The van der Waals surface area contributed by atoms with Crippen LogP contribution in [-0.4, -0.2) is 69.5 Å². The van der Waals surface area contributed by atoms with Gasteiger partial charge in [0, 0.05) is 43.4 Å². The summed E-state index contributed by atoms with van der Waals surface area (Å²) in [4.78, 5) is 70.2. The molecule has 1 aromatic heterocycles. The van der Waals surface area contributed by atoms with Crippen LogP contribution >= 0.6 is 0 Å². The van der Waals surface area contributed by atoms with Crippen LogP contribution < -0.4 is 15.5 Å². The second kappa shape index (κ2) is 11.2. The molecule has 3 aliphatic heterocycles. The van der Waals surface area contributed by atoms with E-state index in [1.807, 2.05) is 13.8 Å². The van der Waals surface area contributed by atoms with Crippen LogP contribution in [0.2, 0.25) is 0 Å². The zero-order chi connectivity index (χ0) is 30.6. The number of fused-ring (bicyclic) bond motifs is 3. The number of likely N-dealkylation sites (tertiary alicyclic amines) is 1. The van der Waals surface area contributed by atoms with Crippen molar-refractivity contribution in [3.63, 3.8) is 0 Å². The maximum Gasteiger partial charge on any atom is 0.334 e. The Morgan fingerprint density at radius 2 is 1.95 bits per heavy atom. The molecule has 2 aromatic rings. The van der Waals surface area contributed by atoms with Crippen molar-refractivity contribution in [1.82, 2.24) is 19.7 Å².